The average Bonchev–Trinajstić information content (AvgIpc) is 2.65. The van der Waals surface area contributed by atoms with E-state index in [0.29, 0.717) is 24.3 Å². The minimum atomic E-state index is -3.76. The molecule has 0 saturated heterocycles. The van der Waals surface area contributed by atoms with Gasteiger partial charge in [0.1, 0.15) is 5.75 Å². The van der Waals surface area contributed by atoms with Gasteiger partial charge in [-0.2, -0.15) is 0 Å². The SMILES string of the molecule is COc1ccc(S(=O)(=O)NCC(=O)N(C)CCc2ccncc2)cc1C. The van der Waals surface area contributed by atoms with E-state index < -0.39 is 10.0 Å². The summed E-state index contributed by atoms with van der Waals surface area (Å²) in [6.07, 6.45) is 4.07. The Labute approximate surface area is 154 Å². The average molecular weight is 377 g/mol. The van der Waals surface area contributed by atoms with E-state index in [9.17, 15) is 13.2 Å². The molecule has 1 N–H and O–H groups in total. The molecule has 1 amide bonds. The number of benzene rings is 1. The molecule has 1 aromatic carbocycles. The van der Waals surface area contributed by atoms with Crippen molar-refractivity contribution in [2.75, 3.05) is 27.2 Å². The molecule has 1 aromatic heterocycles. The van der Waals surface area contributed by atoms with Crippen LogP contribution in [-0.4, -0.2) is 51.5 Å². The first kappa shape index (κ1) is 19.9. The molecule has 0 radical (unpaired) electrons. The Balaban J connectivity index is 1.91. The minimum absolute atomic E-state index is 0.100. The van der Waals surface area contributed by atoms with Crippen LogP contribution >= 0.6 is 0 Å². The first-order valence-electron chi connectivity index (χ1n) is 8.10. The number of carbonyl (C=O) groups is 1. The van der Waals surface area contributed by atoms with E-state index in [1.165, 1.54) is 24.1 Å². The van der Waals surface area contributed by atoms with Gasteiger partial charge in [-0.3, -0.25) is 9.78 Å². The maximum absolute atomic E-state index is 12.4. The Bertz CT molecular complexity index is 854. The molecule has 140 valence electrons. The predicted octanol–water partition coefficient (Wildman–Crippen LogP) is 1.38. The lowest BCUT2D eigenvalue weighted by atomic mass is 10.2. The molecule has 0 bridgehead atoms. The zero-order valence-corrected chi connectivity index (χ0v) is 15.9. The topological polar surface area (TPSA) is 88.6 Å². The third kappa shape index (κ3) is 5.27. The van der Waals surface area contributed by atoms with E-state index in [4.69, 9.17) is 4.74 Å². The van der Waals surface area contributed by atoms with Gasteiger partial charge >= 0.3 is 0 Å². The van der Waals surface area contributed by atoms with Gasteiger partial charge in [-0.25, -0.2) is 13.1 Å². The van der Waals surface area contributed by atoms with Crippen molar-refractivity contribution in [1.82, 2.24) is 14.6 Å². The summed E-state index contributed by atoms with van der Waals surface area (Å²) in [6.45, 7) is 1.96. The molecule has 8 heteroatoms. The molecule has 0 spiro atoms. The van der Waals surface area contributed by atoms with Crippen molar-refractivity contribution in [2.45, 2.75) is 18.2 Å². The van der Waals surface area contributed by atoms with Gasteiger partial charge in [0.25, 0.3) is 0 Å². The van der Waals surface area contributed by atoms with Crippen molar-refractivity contribution in [3.63, 3.8) is 0 Å². The van der Waals surface area contributed by atoms with Gasteiger partial charge in [-0.05, 0) is 54.8 Å². The van der Waals surface area contributed by atoms with Gasteiger partial charge in [0.15, 0.2) is 0 Å². The number of aromatic nitrogens is 1. The van der Waals surface area contributed by atoms with Crippen LogP contribution in [0.25, 0.3) is 0 Å². The summed E-state index contributed by atoms with van der Waals surface area (Å²) in [5.41, 5.74) is 1.77. The summed E-state index contributed by atoms with van der Waals surface area (Å²) in [6, 6.07) is 8.32. The normalized spacial score (nSPS) is 11.2. The van der Waals surface area contributed by atoms with Crippen molar-refractivity contribution >= 4 is 15.9 Å². The van der Waals surface area contributed by atoms with Gasteiger partial charge in [-0.1, -0.05) is 0 Å². The Kier molecular flexibility index (Phi) is 6.70. The number of pyridine rings is 1. The number of ether oxygens (including phenoxy) is 1. The summed E-state index contributed by atoms with van der Waals surface area (Å²) in [7, 11) is -0.594. The molecular formula is C18H23N3O4S. The number of nitrogens with one attached hydrogen (secondary N) is 1. The number of carbonyl (C=O) groups excluding carboxylic acids is 1. The highest BCUT2D eigenvalue weighted by atomic mass is 32.2. The smallest absolute Gasteiger partial charge is 0.241 e. The van der Waals surface area contributed by atoms with E-state index in [1.54, 1.807) is 32.4 Å². The van der Waals surface area contributed by atoms with Crippen LogP contribution in [0.3, 0.4) is 0 Å². The van der Waals surface area contributed by atoms with Gasteiger partial charge in [0.05, 0.1) is 18.6 Å². The third-order valence-corrected chi connectivity index (χ3v) is 5.40. The Morgan fingerprint density at radius 3 is 2.54 bits per heavy atom. The molecule has 2 aromatic rings. The van der Waals surface area contributed by atoms with E-state index in [2.05, 4.69) is 9.71 Å². The largest absolute Gasteiger partial charge is 0.496 e. The van der Waals surface area contributed by atoms with Crippen LogP contribution in [0.4, 0.5) is 0 Å². The summed E-state index contributed by atoms with van der Waals surface area (Å²) < 4.78 is 32.2. The lowest BCUT2D eigenvalue weighted by Crippen LogP contribution is -2.39. The monoisotopic (exact) mass is 377 g/mol. The fraction of sp³-hybridized carbons (Fsp3) is 0.333. The molecule has 0 unspecified atom stereocenters. The minimum Gasteiger partial charge on any atom is -0.496 e. The van der Waals surface area contributed by atoms with Gasteiger partial charge in [0, 0.05) is 26.0 Å². The highest BCUT2D eigenvalue weighted by molar-refractivity contribution is 7.89. The van der Waals surface area contributed by atoms with Crippen molar-refractivity contribution in [3.8, 4) is 5.75 Å². The zero-order valence-electron chi connectivity index (χ0n) is 15.1. The molecule has 0 aliphatic carbocycles. The van der Waals surface area contributed by atoms with E-state index in [1.807, 2.05) is 12.1 Å². The molecule has 0 fully saturated rings. The van der Waals surface area contributed by atoms with Crippen molar-refractivity contribution in [3.05, 3.63) is 53.9 Å². The standard InChI is InChI=1S/C18H23N3O4S/c1-14-12-16(4-5-17(14)25-3)26(23,24)20-13-18(22)21(2)11-8-15-6-9-19-10-7-15/h4-7,9-10,12,20H,8,11,13H2,1-3H3. The quantitative estimate of drug-likeness (QED) is 0.751. The number of likely N-dealkylation sites (N-methyl/N-ethyl adjacent to an activating group) is 1. The van der Waals surface area contributed by atoms with Crippen LogP contribution < -0.4 is 9.46 Å². The van der Waals surface area contributed by atoms with E-state index >= 15 is 0 Å². The second-order valence-corrected chi connectivity index (χ2v) is 7.64. The van der Waals surface area contributed by atoms with Gasteiger partial charge in [0.2, 0.25) is 15.9 Å². The van der Waals surface area contributed by atoms with Crippen molar-refractivity contribution in [1.29, 1.82) is 0 Å². The Morgan fingerprint density at radius 1 is 1.23 bits per heavy atom. The Hall–Kier alpha value is -2.45. The van der Waals surface area contributed by atoms with Crippen LogP contribution in [-0.2, 0) is 21.2 Å². The summed E-state index contributed by atoms with van der Waals surface area (Å²) in [4.78, 5) is 17.7. The molecule has 0 aliphatic heterocycles. The lowest BCUT2D eigenvalue weighted by Gasteiger charge is -2.17. The number of hydrogen-bond acceptors (Lipinski definition) is 5. The number of aryl methyl sites for hydroxylation is 1. The first-order valence-corrected chi connectivity index (χ1v) is 9.59. The van der Waals surface area contributed by atoms with Crippen LogP contribution in [0, 0.1) is 6.92 Å². The van der Waals surface area contributed by atoms with E-state index in [0.717, 1.165) is 5.56 Å². The number of nitrogens with zero attached hydrogens (tertiary/aromatic N) is 2. The number of sulfonamides is 1. The highest BCUT2D eigenvalue weighted by Gasteiger charge is 2.18. The molecule has 0 aliphatic rings. The number of rotatable bonds is 8. The second kappa shape index (κ2) is 8.77. The number of methoxy groups -OCH3 is 1. The van der Waals surface area contributed by atoms with Crippen LogP contribution in [0.2, 0.25) is 0 Å². The molecule has 7 nitrogen and oxygen atoms in total. The van der Waals surface area contributed by atoms with Gasteiger partial charge < -0.3 is 9.64 Å². The molecular weight excluding hydrogens is 354 g/mol. The van der Waals surface area contributed by atoms with Gasteiger partial charge in [-0.15, -0.1) is 0 Å². The third-order valence-electron chi connectivity index (χ3n) is 4.00. The fourth-order valence-electron chi connectivity index (χ4n) is 2.36. The summed E-state index contributed by atoms with van der Waals surface area (Å²) in [5.74, 6) is 0.309. The number of amides is 1. The molecule has 26 heavy (non-hydrogen) atoms. The lowest BCUT2D eigenvalue weighted by molar-refractivity contribution is -0.128. The van der Waals surface area contributed by atoms with Crippen LogP contribution in [0.15, 0.2) is 47.6 Å². The molecule has 0 saturated carbocycles. The molecule has 1 heterocycles. The molecule has 2 rings (SSSR count). The Morgan fingerprint density at radius 2 is 1.92 bits per heavy atom. The van der Waals surface area contributed by atoms with Crippen LogP contribution in [0.5, 0.6) is 5.75 Å². The summed E-state index contributed by atoms with van der Waals surface area (Å²) >= 11 is 0. The van der Waals surface area contributed by atoms with Crippen molar-refractivity contribution in [2.24, 2.45) is 0 Å². The van der Waals surface area contributed by atoms with E-state index in [-0.39, 0.29) is 17.3 Å². The first-order chi connectivity index (χ1) is 12.3. The maximum atomic E-state index is 12.4. The molecule has 0 atom stereocenters. The number of hydrogen-bond donors (Lipinski definition) is 1. The highest BCUT2D eigenvalue weighted by Crippen LogP contribution is 2.21. The zero-order chi connectivity index (χ0) is 19.2. The summed E-state index contributed by atoms with van der Waals surface area (Å²) in [5, 5.41) is 0. The maximum Gasteiger partial charge on any atom is 0.241 e. The second-order valence-electron chi connectivity index (χ2n) is 5.88. The van der Waals surface area contributed by atoms with Crippen LogP contribution in [0.1, 0.15) is 11.1 Å². The fourth-order valence-corrected chi connectivity index (χ4v) is 3.42. The van der Waals surface area contributed by atoms with Crippen molar-refractivity contribution < 1.29 is 17.9 Å². The predicted molar refractivity (Wildman–Crippen MR) is 98.5 cm³/mol.